The van der Waals surface area contributed by atoms with Crippen LogP contribution >= 0.6 is 0 Å². The van der Waals surface area contributed by atoms with Crippen LogP contribution in [0.2, 0.25) is 0 Å². The first kappa shape index (κ1) is 24.8. The minimum atomic E-state index is -4.45. The second-order valence-electron chi connectivity index (χ2n) is 8.83. The topological polar surface area (TPSA) is 79.8 Å². The Morgan fingerprint density at radius 1 is 1.03 bits per heavy atom. The van der Waals surface area contributed by atoms with E-state index in [1.807, 2.05) is 20.8 Å². The van der Waals surface area contributed by atoms with Crippen LogP contribution < -0.4 is 9.64 Å². The fourth-order valence-corrected chi connectivity index (χ4v) is 4.02. The third-order valence-corrected chi connectivity index (χ3v) is 6.10. The number of sulfone groups is 1. The Kier molecular flexibility index (Phi) is 6.65. The lowest BCUT2D eigenvalue weighted by Gasteiger charge is -2.36. The van der Waals surface area contributed by atoms with Crippen molar-refractivity contribution >= 4 is 21.6 Å². The van der Waals surface area contributed by atoms with E-state index in [4.69, 9.17) is 4.74 Å². The molecule has 3 rings (SSSR count). The SMILES string of the molecule is CC(C)(C)Oc1ccc(S(C)(=O)=O)cc1C(=O)N1CCN(c2ccc(C(F)(F)F)cn2)CC1. The Balaban J connectivity index is 1.78. The van der Waals surface area contributed by atoms with Crippen LogP contribution in [0.25, 0.3) is 0 Å². The zero-order chi connectivity index (χ0) is 24.6. The van der Waals surface area contributed by atoms with Gasteiger partial charge >= 0.3 is 6.18 Å². The molecule has 0 saturated carbocycles. The fourth-order valence-electron chi connectivity index (χ4n) is 3.38. The lowest BCUT2D eigenvalue weighted by atomic mass is 10.1. The van der Waals surface area contributed by atoms with Gasteiger partial charge in [-0.2, -0.15) is 13.2 Å². The normalized spacial score (nSPS) is 15.5. The molecular weight excluding hydrogens is 459 g/mol. The minimum Gasteiger partial charge on any atom is -0.487 e. The summed E-state index contributed by atoms with van der Waals surface area (Å²) in [5.74, 6) is 0.303. The lowest BCUT2D eigenvalue weighted by molar-refractivity contribution is -0.137. The predicted octanol–water partition coefficient (Wildman–Crippen LogP) is 3.64. The van der Waals surface area contributed by atoms with Gasteiger partial charge in [-0.1, -0.05) is 0 Å². The maximum absolute atomic E-state index is 13.3. The number of pyridine rings is 1. The van der Waals surface area contributed by atoms with E-state index < -0.39 is 27.2 Å². The number of nitrogens with zero attached hydrogens (tertiary/aromatic N) is 3. The maximum Gasteiger partial charge on any atom is 0.417 e. The Bertz CT molecular complexity index is 1120. The number of ether oxygens (including phenoxy) is 1. The number of alkyl halides is 3. The van der Waals surface area contributed by atoms with E-state index in [-0.39, 0.29) is 22.1 Å². The molecule has 1 aliphatic heterocycles. The molecule has 1 fully saturated rings. The number of piperazine rings is 1. The van der Waals surface area contributed by atoms with E-state index in [0.717, 1.165) is 18.5 Å². The van der Waals surface area contributed by atoms with Crippen molar-refractivity contribution in [1.29, 1.82) is 0 Å². The molecular formula is C22H26F3N3O4S. The van der Waals surface area contributed by atoms with E-state index in [1.165, 1.54) is 24.3 Å². The average Bonchev–Trinajstić information content (AvgIpc) is 2.71. The highest BCUT2D eigenvalue weighted by Gasteiger charge is 2.31. The van der Waals surface area contributed by atoms with Crippen molar-refractivity contribution in [3.05, 3.63) is 47.7 Å². The second-order valence-corrected chi connectivity index (χ2v) is 10.8. The summed E-state index contributed by atoms with van der Waals surface area (Å²) in [4.78, 5) is 20.6. The maximum atomic E-state index is 13.3. The lowest BCUT2D eigenvalue weighted by Crippen LogP contribution is -2.49. The van der Waals surface area contributed by atoms with E-state index in [1.54, 1.807) is 9.80 Å². The highest BCUT2D eigenvalue weighted by molar-refractivity contribution is 7.90. The molecule has 0 atom stereocenters. The summed E-state index contributed by atoms with van der Waals surface area (Å²) in [5, 5.41) is 0. The van der Waals surface area contributed by atoms with Gasteiger partial charge in [0, 0.05) is 38.6 Å². The first-order chi connectivity index (χ1) is 15.1. The van der Waals surface area contributed by atoms with Crippen molar-refractivity contribution in [1.82, 2.24) is 9.88 Å². The number of hydrogen-bond acceptors (Lipinski definition) is 6. The van der Waals surface area contributed by atoms with Gasteiger partial charge in [0.2, 0.25) is 0 Å². The van der Waals surface area contributed by atoms with E-state index in [9.17, 15) is 26.4 Å². The molecule has 2 aromatic rings. The van der Waals surface area contributed by atoms with E-state index in [2.05, 4.69) is 4.98 Å². The summed E-state index contributed by atoms with van der Waals surface area (Å²) in [6, 6.07) is 6.50. The highest BCUT2D eigenvalue weighted by Crippen LogP contribution is 2.30. The van der Waals surface area contributed by atoms with Crippen LogP contribution in [-0.4, -0.2) is 62.2 Å². The molecule has 1 amide bonds. The monoisotopic (exact) mass is 485 g/mol. The van der Waals surface area contributed by atoms with Gasteiger partial charge in [0.25, 0.3) is 5.91 Å². The van der Waals surface area contributed by atoms with Crippen LogP contribution in [-0.2, 0) is 16.0 Å². The Hall–Kier alpha value is -2.82. The largest absolute Gasteiger partial charge is 0.487 e. The average molecular weight is 486 g/mol. The number of carbonyl (C=O) groups is 1. The molecule has 33 heavy (non-hydrogen) atoms. The summed E-state index contributed by atoms with van der Waals surface area (Å²) >= 11 is 0. The summed E-state index contributed by atoms with van der Waals surface area (Å²) in [5.41, 5.74) is -1.28. The fraction of sp³-hybridized carbons (Fsp3) is 0.455. The second kappa shape index (κ2) is 8.85. The number of halogens is 3. The number of hydrogen-bond donors (Lipinski definition) is 0. The van der Waals surface area contributed by atoms with Gasteiger partial charge in [-0.25, -0.2) is 13.4 Å². The minimum absolute atomic E-state index is 0.0136. The van der Waals surface area contributed by atoms with Gasteiger partial charge < -0.3 is 14.5 Å². The molecule has 0 aliphatic carbocycles. The first-order valence-electron chi connectivity index (χ1n) is 10.3. The molecule has 1 aromatic heterocycles. The number of carbonyl (C=O) groups excluding carboxylic acids is 1. The van der Waals surface area contributed by atoms with Gasteiger partial charge in [0.15, 0.2) is 9.84 Å². The number of rotatable bonds is 4. The van der Waals surface area contributed by atoms with Crippen molar-refractivity contribution in [2.75, 3.05) is 37.3 Å². The summed E-state index contributed by atoms with van der Waals surface area (Å²) in [7, 11) is -3.53. The van der Waals surface area contributed by atoms with Gasteiger partial charge in [0.1, 0.15) is 17.2 Å². The molecule has 0 unspecified atom stereocenters. The molecule has 180 valence electrons. The standard InChI is InChI=1S/C22H26F3N3O4S/c1-21(2,3)32-18-7-6-16(33(4,30)31)13-17(18)20(29)28-11-9-27(10-12-28)19-8-5-15(14-26-19)22(23,24)25/h5-8,13-14H,9-12H2,1-4H3. The van der Waals surface area contributed by atoms with Gasteiger partial charge in [-0.05, 0) is 51.1 Å². The Morgan fingerprint density at radius 3 is 2.15 bits per heavy atom. The third-order valence-electron chi connectivity index (χ3n) is 4.99. The highest BCUT2D eigenvalue weighted by atomic mass is 32.2. The van der Waals surface area contributed by atoms with Crippen molar-refractivity contribution < 1.29 is 31.1 Å². The van der Waals surface area contributed by atoms with Gasteiger partial charge in [0.05, 0.1) is 16.0 Å². The molecule has 1 aromatic carbocycles. The number of anilines is 1. The number of aromatic nitrogens is 1. The van der Waals surface area contributed by atoms with Crippen LogP contribution in [0.15, 0.2) is 41.4 Å². The van der Waals surface area contributed by atoms with Crippen molar-refractivity contribution in [2.24, 2.45) is 0 Å². The third kappa shape index (κ3) is 6.16. The van der Waals surface area contributed by atoms with E-state index in [0.29, 0.717) is 32.0 Å². The first-order valence-corrected chi connectivity index (χ1v) is 12.1. The smallest absolute Gasteiger partial charge is 0.417 e. The molecule has 2 heterocycles. The molecule has 1 aliphatic rings. The zero-order valence-corrected chi connectivity index (χ0v) is 19.6. The zero-order valence-electron chi connectivity index (χ0n) is 18.8. The molecule has 0 bridgehead atoms. The molecule has 0 spiro atoms. The number of benzene rings is 1. The van der Waals surface area contributed by atoms with Gasteiger partial charge in [-0.3, -0.25) is 4.79 Å². The van der Waals surface area contributed by atoms with Crippen molar-refractivity contribution in [3.8, 4) is 5.75 Å². The van der Waals surface area contributed by atoms with Crippen LogP contribution in [0.4, 0.5) is 19.0 Å². The van der Waals surface area contributed by atoms with Crippen LogP contribution in [0.3, 0.4) is 0 Å². The summed E-state index contributed by atoms with van der Waals surface area (Å²) in [6.07, 6.45) is -2.60. The van der Waals surface area contributed by atoms with Crippen LogP contribution in [0, 0.1) is 0 Å². The molecule has 0 radical (unpaired) electrons. The van der Waals surface area contributed by atoms with Crippen LogP contribution in [0.1, 0.15) is 36.7 Å². The Labute approximate surface area is 191 Å². The molecule has 1 saturated heterocycles. The quantitative estimate of drug-likeness (QED) is 0.658. The molecule has 7 nitrogen and oxygen atoms in total. The van der Waals surface area contributed by atoms with Crippen LogP contribution in [0.5, 0.6) is 5.75 Å². The van der Waals surface area contributed by atoms with Gasteiger partial charge in [-0.15, -0.1) is 0 Å². The summed E-state index contributed by atoms with van der Waals surface area (Å²) < 4.78 is 68.2. The summed E-state index contributed by atoms with van der Waals surface area (Å²) in [6.45, 7) is 6.78. The molecule has 0 N–H and O–H groups in total. The predicted molar refractivity (Wildman–Crippen MR) is 117 cm³/mol. The number of amides is 1. The van der Waals surface area contributed by atoms with E-state index >= 15 is 0 Å². The molecule has 11 heteroatoms. The van der Waals surface area contributed by atoms with Crippen molar-refractivity contribution in [3.63, 3.8) is 0 Å². The van der Waals surface area contributed by atoms with Crippen molar-refractivity contribution in [2.45, 2.75) is 37.4 Å². The Morgan fingerprint density at radius 2 is 1.67 bits per heavy atom.